The van der Waals surface area contributed by atoms with Gasteiger partial charge in [0.15, 0.2) is 0 Å². The van der Waals surface area contributed by atoms with E-state index in [1.165, 1.54) is 25.8 Å². The maximum atomic E-state index is 12.0. The Balaban J connectivity index is 1.48. The van der Waals surface area contributed by atoms with E-state index < -0.39 is 0 Å². The number of nitrogens with zero attached hydrogens (tertiary/aromatic N) is 2. The highest BCUT2D eigenvalue weighted by atomic mass is 79.9. The molecule has 102 valence electrons. The lowest BCUT2D eigenvalue weighted by molar-refractivity contribution is 0.0947. The number of pyridine rings is 1. The van der Waals surface area contributed by atoms with Crippen LogP contribution in [-0.2, 0) is 0 Å². The monoisotopic (exact) mass is 323 g/mol. The normalized spacial score (nSPS) is 23.5. The van der Waals surface area contributed by atoms with Gasteiger partial charge in [-0.15, -0.1) is 0 Å². The van der Waals surface area contributed by atoms with E-state index in [0.717, 1.165) is 19.1 Å². The van der Waals surface area contributed by atoms with Crippen molar-refractivity contribution in [3.8, 4) is 0 Å². The predicted molar refractivity (Wildman–Crippen MR) is 77.0 cm³/mol. The minimum atomic E-state index is -0.00651. The molecular formula is C14H18BrN3O. The van der Waals surface area contributed by atoms with Crippen LogP contribution in [0.15, 0.2) is 22.9 Å². The lowest BCUT2D eigenvalue weighted by atomic mass is 10.1. The molecule has 2 fully saturated rings. The number of hydrogen-bond acceptors (Lipinski definition) is 3. The van der Waals surface area contributed by atoms with Crippen molar-refractivity contribution >= 4 is 21.8 Å². The Hall–Kier alpha value is -0.940. The minimum absolute atomic E-state index is 0.00651. The highest BCUT2D eigenvalue weighted by Crippen LogP contribution is 2.31. The molecule has 1 aromatic heterocycles. The molecule has 1 saturated carbocycles. The summed E-state index contributed by atoms with van der Waals surface area (Å²) in [6.07, 6.45) is 5.58. The quantitative estimate of drug-likeness (QED) is 0.863. The Bertz CT molecular complexity index is 476. The molecule has 0 spiro atoms. The van der Waals surface area contributed by atoms with Gasteiger partial charge in [0.1, 0.15) is 4.60 Å². The topological polar surface area (TPSA) is 45.2 Å². The van der Waals surface area contributed by atoms with Crippen LogP contribution in [0.1, 0.15) is 29.6 Å². The fourth-order valence-corrected chi connectivity index (χ4v) is 3.05. The van der Waals surface area contributed by atoms with Gasteiger partial charge in [-0.25, -0.2) is 4.98 Å². The lowest BCUT2D eigenvalue weighted by Crippen LogP contribution is -2.31. The van der Waals surface area contributed by atoms with E-state index in [1.807, 2.05) is 0 Å². The molecule has 19 heavy (non-hydrogen) atoms. The highest BCUT2D eigenvalue weighted by molar-refractivity contribution is 9.10. The highest BCUT2D eigenvalue weighted by Gasteiger charge is 2.34. The zero-order chi connectivity index (χ0) is 13.2. The molecule has 0 bridgehead atoms. The molecule has 1 atom stereocenters. The van der Waals surface area contributed by atoms with Crippen LogP contribution >= 0.6 is 15.9 Å². The fraction of sp³-hybridized carbons (Fsp3) is 0.571. The van der Waals surface area contributed by atoms with Crippen molar-refractivity contribution in [2.24, 2.45) is 5.92 Å². The van der Waals surface area contributed by atoms with Gasteiger partial charge in [-0.05, 0) is 59.8 Å². The Morgan fingerprint density at radius 3 is 3.05 bits per heavy atom. The molecule has 5 heteroatoms. The van der Waals surface area contributed by atoms with E-state index in [4.69, 9.17) is 0 Å². The number of halogens is 1. The van der Waals surface area contributed by atoms with Gasteiger partial charge in [0.2, 0.25) is 0 Å². The maximum Gasteiger partial charge on any atom is 0.251 e. The van der Waals surface area contributed by atoms with E-state index >= 15 is 0 Å². The minimum Gasteiger partial charge on any atom is -0.352 e. The number of carbonyl (C=O) groups excluding carboxylic acids is 1. The summed E-state index contributed by atoms with van der Waals surface area (Å²) in [6.45, 7) is 3.12. The van der Waals surface area contributed by atoms with Crippen LogP contribution in [0.25, 0.3) is 0 Å². The van der Waals surface area contributed by atoms with Crippen molar-refractivity contribution in [1.29, 1.82) is 0 Å². The molecule has 1 aliphatic heterocycles. The van der Waals surface area contributed by atoms with Crippen LogP contribution in [0.4, 0.5) is 0 Å². The molecule has 1 amide bonds. The zero-order valence-corrected chi connectivity index (χ0v) is 12.4. The van der Waals surface area contributed by atoms with Crippen LogP contribution in [0, 0.1) is 5.92 Å². The Morgan fingerprint density at radius 2 is 2.32 bits per heavy atom. The van der Waals surface area contributed by atoms with Crippen LogP contribution < -0.4 is 5.32 Å². The molecule has 3 rings (SSSR count). The number of likely N-dealkylation sites (tertiary alicyclic amines) is 1. The van der Waals surface area contributed by atoms with Crippen molar-refractivity contribution in [2.45, 2.75) is 25.3 Å². The number of aromatic nitrogens is 1. The van der Waals surface area contributed by atoms with E-state index in [-0.39, 0.29) is 5.91 Å². The number of carbonyl (C=O) groups is 1. The molecule has 1 unspecified atom stereocenters. The van der Waals surface area contributed by atoms with Gasteiger partial charge in [-0.3, -0.25) is 4.79 Å². The fourth-order valence-electron chi connectivity index (χ4n) is 2.68. The van der Waals surface area contributed by atoms with Crippen LogP contribution in [0.2, 0.25) is 0 Å². The van der Waals surface area contributed by atoms with Gasteiger partial charge in [-0.1, -0.05) is 0 Å². The summed E-state index contributed by atoms with van der Waals surface area (Å²) in [5.41, 5.74) is 0.666. The third kappa shape index (κ3) is 3.34. The van der Waals surface area contributed by atoms with E-state index in [9.17, 15) is 4.79 Å². The van der Waals surface area contributed by atoms with E-state index in [0.29, 0.717) is 16.1 Å². The lowest BCUT2D eigenvalue weighted by Gasteiger charge is -2.15. The molecule has 0 radical (unpaired) electrons. The number of nitrogens with one attached hydrogen (secondary N) is 1. The SMILES string of the molecule is O=C(NCC1CCN(C2CC2)C1)c1ccnc(Br)c1. The third-order valence-electron chi connectivity index (χ3n) is 3.92. The van der Waals surface area contributed by atoms with Crippen molar-refractivity contribution < 1.29 is 4.79 Å². The average molecular weight is 324 g/mol. The predicted octanol–water partition coefficient (Wildman–Crippen LogP) is 2.06. The summed E-state index contributed by atoms with van der Waals surface area (Å²) in [5.74, 6) is 0.600. The van der Waals surface area contributed by atoms with Crippen LogP contribution in [0.3, 0.4) is 0 Å². The van der Waals surface area contributed by atoms with Crippen molar-refractivity contribution in [1.82, 2.24) is 15.2 Å². The van der Waals surface area contributed by atoms with E-state index in [2.05, 4.69) is 31.1 Å². The number of hydrogen-bond donors (Lipinski definition) is 1. The first-order valence-electron chi connectivity index (χ1n) is 6.86. The Kier molecular flexibility index (Phi) is 3.84. The summed E-state index contributed by atoms with van der Waals surface area (Å²) in [4.78, 5) is 18.6. The van der Waals surface area contributed by atoms with E-state index in [1.54, 1.807) is 18.3 Å². The molecule has 1 aromatic rings. The molecule has 4 nitrogen and oxygen atoms in total. The maximum absolute atomic E-state index is 12.0. The van der Waals surface area contributed by atoms with Crippen molar-refractivity contribution in [2.75, 3.05) is 19.6 Å². The Morgan fingerprint density at radius 1 is 1.47 bits per heavy atom. The summed E-state index contributed by atoms with van der Waals surface area (Å²) < 4.78 is 0.695. The van der Waals surface area contributed by atoms with Gasteiger partial charge >= 0.3 is 0 Å². The van der Waals surface area contributed by atoms with Gasteiger partial charge < -0.3 is 10.2 Å². The average Bonchev–Trinajstić information content (AvgIpc) is 3.15. The van der Waals surface area contributed by atoms with Gasteiger partial charge in [0, 0.05) is 30.9 Å². The molecule has 1 saturated heterocycles. The molecule has 1 N–H and O–H groups in total. The first-order chi connectivity index (χ1) is 9.22. The third-order valence-corrected chi connectivity index (χ3v) is 4.35. The molecule has 0 aromatic carbocycles. The summed E-state index contributed by atoms with van der Waals surface area (Å²) >= 11 is 3.28. The van der Waals surface area contributed by atoms with Gasteiger partial charge in [-0.2, -0.15) is 0 Å². The summed E-state index contributed by atoms with van der Waals surface area (Å²) in [5, 5.41) is 3.03. The standard InChI is InChI=1S/C14H18BrN3O/c15-13-7-11(3-5-16-13)14(19)17-8-10-4-6-18(9-10)12-1-2-12/h3,5,7,10,12H,1-2,4,6,8-9H2,(H,17,19). The van der Waals surface area contributed by atoms with Crippen LogP contribution in [-0.4, -0.2) is 41.5 Å². The van der Waals surface area contributed by atoms with Crippen molar-refractivity contribution in [3.05, 3.63) is 28.5 Å². The first-order valence-corrected chi connectivity index (χ1v) is 7.65. The molecule has 1 aliphatic carbocycles. The first kappa shape index (κ1) is 13.1. The second kappa shape index (κ2) is 5.59. The van der Waals surface area contributed by atoms with Gasteiger partial charge in [0.05, 0.1) is 0 Å². The second-order valence-electron chi connectivity index (χ2n) is 5.46. The summed E-state index contributed by atoms with van der Waals surface area (Å²) in [6, 6.07) is 4.34. The molecular weight excluding hydrogens is 306 g/mol. The molecule has 2 heterocycles. The number of rotatable bonds is 4. The zero-order valence-electron chi connectivity index (χ0n) is 10.8. The number of amides is 1. The molecule has 2 aliphatic rings. The van der Waals surface area contributed by atoms with Crippen molar-refractivity contribution in [3.63, 3.8) is 0 Å². The summed E-state index contributed by atoms with van der Waals surface area (Å²) in [7, 11) is 0. The largest absolute Gasteiger partial charge is 0.352 e. The smallest absolute Gasteiger partial charge is 0.251 e. The Labute approximate surface area is 121 Å². The van der Waals surface area contributed by atoms with Crippen LogP contribution in [0.5, 0.6) is 0 Å². The van der Waals surface area contributed by atoms with Gasteiger partial charge in [0.25, 0.3) is 5.91 Å². The second-order valence-corrected chi connectivity index (χ2v) is 6.27.